The highest BCUT2D eigenvalue weighted by Gasteiger charge is 2.34. The van der Waals surface area contributed by atoms with E-state index in [1.54, 1.807) is 37.3 Å². The summed E-state index contributed by atoms with van der Waals surface area (Å²) in [7, 11) is -4.15. The molecule has 0 spiro atoms. The van der Waals surface area contributed by atoms with Gasteiger partial charge in [-0.25, -0.2) is 27.1 Å². The van der Waals surface area contributed by atoms with Gasteiger partial charge in [-0.1, -0.05) is 18.2 Å². The first-order valence-electron chi connectivity index (χ1n) is 12.8. The maximum atomic E-state index is 15.2. The normalized spacial score (nSPS) is 17.2. The van der Waals surface area contributed by atoms with Gasteiger partial charge in [0.15, 0.2) is 6.10 Å². The molecule has 0 bridgehead atoms. The Kier molecular flexibility index (Phi) is 8.17. The number of carbonyl (C=O) groups excluding carboxylic acids is 2. The van der Waals surface area contributed by atoms with E-state index in [-0.39, 0.29) is 22.1 Å². The van der Waals surface area contributed by atoms with E-state index < -0.39 is 45.7 Å². The second-order valence-corrected chi connectivity index (χ2v) is 12.3. The molecule has 3 heterocycles. The lowest BCUT2D eigenvalue weighted by atomic mass is 10.2. The van der Waals surface area contributed by atoms with Gasteiger partial charge >= 0.3 is 17.2 Å². The van der Waals surface area contributed by atoms with Gasteiger partial charge in [-0.2, -0.15) is 0 Å². The van der Waals surface area contributed by atoms with Crippen LogP contribution >= 0.6 is 11.3 Å². The molecule has 1 atom stereocenters. The van der Waals surface area contributed by atoms with Crippen molar-refractivity contribution < 1.29 is 36.8 Å². The van der Waals surface area contributed by atoms with Gasteiger partial charge < -0.3 is 19.3 Å². The maximum absolute atomic E-state index is 15.2. The Morgan fingerprint density at radius 1 is 1.14 bits per heavy atom. The number of halogens is 1. The number of carbonyl (C=O) groups is 2. The number of ether oxygens (including phenoxy) is 2. The van der Waals surface area contributed by atoms with Gasteiger partial charge in [0.05, 0.1) is 32.7 Å². The van der Waals surface area contributed by atoms with Crippen molar-refractivity contribution in [2.45, 2.75) is 17.9 Å². The molecule has 2 amide bonds. The van der Waals surface area contributed by atoms with Crippen LogP contribution in [-0.4, -0.2) is 71.0 Å². The van der Waals surface area contributed by atoms with Crippen LogP contribution in [-0.2, 0) is 19.5 Å². The van der Waals surface area contributed by atoms with Crippen LogP contribution in [0.25, 0.3) is 0 Å². The number of piperazine rings is 1. The van der Waals surface area contributed by atoms with Gasteiger partial charge in [0, 0.05) is 32.2 Å². The van der Waals surface area contributed by atoms with E-state index in [0.717, 1.165) is 16.3 Å². The number of cyclic esters (lactones) is 1. The summed E-state index contributed by atoms with van der Waals surface area (Å²) in [6.45, 7) is 3.24. The second-order valence-electron chi connectivity index (χ2n) is 9.56. The molecule has 5 rings (SSSR count). The van der Waals surface area contributed by atoms with Crippen LogP contribution in [0.15, 0.2) is 59.5 Å². The van der Waals surface area contributed by atoms with Crippen molar-refractivity contribution in [1.29, 1.82) is 0 Å². The number of nitro groups is 1. The first-order chi connectivity index (χ1) is 20.0. The molecule has 1 aromatic heterocycles. The number of thiophene rings is 1. The molecule has 0 saturated carbocycles. The minimum atomic E-state index is -4.15. The van der Waals surface area contributed by atoms with Crippen LogP contribution in [0, 0.1) is 22.9 Å². The number of hydrogen-bond acceptors (Lipinski definition) is 11. The monoisotopic (exact) mass is 619 g/mol. The minimum absolute atomic E-state index is 0.0406. The number of hydrogen-bond donors (Lipinski definition) is 1. The molecule has 0 radical (unpaired) electrons. The van der Waals surface area contributed by atoms with E-state index in [1.165, 1.54) is 29.2 Å². The van der Waals surface area contributed by atoms with E-state index in [9.17, 15) is 28.1 Å². The summed E-state index contributed by atoms with van der Waals surface area (Å²) >= 11 is 1.10. The first kappa shape index (κ1) is 29.1. The number of amides is 2. The quantitative estimate of drug-likeness (QED) is 0.291. The zero-order valence-electron chi connectivity index (χ0n) is 22.3. The van der Waals surface area contributed by atoms with E-state index in [1.807, 2.05) is 14.5 Å². The molecule has 3 aromatic rings. The molecule has 2 saturated heterocycles. The number of nitrogens with zero attached hydrogens (tertiary/aromatic N) is 4. The molecular weight excluding hydrogens is 593 g/mol. The van der Waals surface area contributed by atoms with Crippen LogP contribution in [0.4, 0.5) is 35.4 Å². The topological polar surface area (TPSA) is 152 Å². The molecule has 13 nitrogen and oxygen atoms in total. The van der Waals surface area contributed by atoms with Crippen molar-refractivity contribution in [2.24, 2.45) is 0 Å². The maximum Gasteiger partial charge on any atom is 0.421 e. The van der Waals surface area contributed by atoms with Crippen molar-refractivity contribution in [2.75, 3.05) is 54.0 Å². The lowest BCUT2D eigenvalue weighted by Crippen LogP contribution is -2.46. The molecule has 2 aliphatic rings. The Morgan fingerprint density at radius 2 is 1.86 bits per heavy atom. The van der Waals surface area contributed by atoms with Crippen molar-refractivity contribution in [3.63, 3.8) is 0 Å². The van der Waals surface area contributed by atoms with E-state index in [4.69, 9.17) is 9.47 Å². The minimum Gasteiger partial charge on any atom is -0.445 e. The average molecular weight is 620 g/mol. The van der Waals surface area contributed by atoms with E-state index >= 15 is 4.39 Å². The number of rotatable bonds is 8. The standard InChI is InChI=1S/C26H26FN5O8S2/c1-17-4-2-3-5-22(17)42(37,38)28-25(33)39-16-19-15-31(26(34)40-19)18-6-7-21(20(27)14-18)29-10-12-30(13-11-29)23-8-9-24(41-23)32(35)36/h2-9,14,19H,10-13,15-16H2,1H3,(H,28,33)/t19-/m1/s1. The summed E-state index contributed by atoms with van der Waals surface area (Å²) in [4.78, 5) is 40.2. The van der Waals surface area contributed by atoms with E-state index in [2.05, 4.69) is 0 Å². The Labute approximate surface area is 244 Å². The number of nitrogens with one attached hydrogen (secondary N) is 1. The van der Waals surface area contributed by atoms with Crippen LogP contribution in [0.2, 0.25) is 0 Å². The summed E-state index contributed by atoms with van der Waals surface area (Å²) in [6.07, 6.45) is -2.88. The summed E-state index contributed by atoms with van der Waals surface area (Å²) < 4.78 is 52.1. The van der Waals surface area contributed by atoms with Crippen molar-refractivity contribution in [3.05, 3.63) is 76.1 Å². The predicted molar refractivity (Wildman–Crippen MR) is 152 cm³/mol. The average Bonchev–Trinajstić information content (AvgIpc) is 3.59. The lowest BCUT2D eigenvalue weighted by molar-refractivity contribution is -0.380. The Bertz CT molecular complexity index is 1620. The zero-order valence-corrected chi connectivity index (χ0v) is 23.9. The predicted octanol–water partition coefficient (Wildman–Crippen LogP) is 3.87. The third-order valence-corrected chi connectivity index (χ3v) is 9.38. The van der Waals surface area contributed by atoms with Gasteiger partial charge in [-0.3, -0.25) is 15.0 Å². The van der Waals surface area contributed by atoms with Gasteiger partial charge in [0.25, 0.3) is 10.0 Å². The fourth-order valence-electron chi connectivity index (χ4n) is 4.71. The number of benzene rings is 2. The first-order valence-corrected chi connectivity index (χ1v) is 15.1. The molecule has 2 aromatic carbocycles. The van der Waals surface area contributed by atoms with Gasteiger partial charge in [0.2, 0.25) is 0 Å². The Hall–Kier alpha value is -4.44. The number of aryl methyl sites for hydroxylation is 1. The SMILES string of the molecule is Cc1ccccc1S(=O)(=O)NC(=O)OC[C@H]1CN(c2ccc(N3CCN(c4ccc([N+](=O)[O-])s4)CC3)c(F)c2)C(=O)O1. The fraction of sp³-hybridized carbons (Fsp3) is 0.308. The smallest absolute Gasteiger partial charge is 0.421 e. The Balaban J connectivity index is 1.14. The van der Waals surface area contributed by atoms with Gasteiger partial charge in [-0.15, -0.1) is 0 Å². The van der Waals surface area contributed by atoms with E-state index in [0.29, 0.717) is 37.4 Å². The largest absolute Gasteiger partial charge is 0.445 e. The van der Waals surface area contributed by atoms with Crippen LogP contribution in [0.5, 0.6) is 0 Å². The molecule has 42 heavy (non-hydrogen) atoms. The van der Waals surface area contributed by atoms with Crippen molar-refractivity contribution >= 4 is 54.9 Å². The summed E-state index contributed by atoms with van der Waals surface area (Å²) in [5.74, 6) is -0.541. The second kappa shape index (κ2) is 11.8. The van der Waals surface area contributed by atoms with Crippen molar-refractivity contribution in [3.8, 4) is 0 Å². The molecule has 0 aliphatic carbocycles. The third-order valence-electron chi connectivity index (χ3n) is 6.81. The van der Waals surface area contributed by atoms with Gasteiger partial charge in [-0.05, 0) is 54.2 Å². The molecule has 1 N–H and O–H groups in total. The molecular formula is C26H26FN5O8S2. The molecule has 2 aliphatic heterocycles. The fourth-order valence-corrected chi connectivity index (χ4v) is 6.72. The Morgan fingerprint density at radius 3 is 2.52 bits per heavy atom. The highest BCUT2D eigenvalue weighted by atomic mass is 32.2. The van der Waals surface area contributed by atoms with Crippen LogP contribution < -0.4 is 19.4 Å². The summed E-state index contributed by atoms with van der Waals surface area (Å²) in [6, 6.07) is 13.7. The number of anilines is 3. The van der Waals surface area contributed by atoms with Gasteiger partial charge in [0.1, 0.15) is 12.4 Å². The van der Waals surface area contributed by atoms with Crippen molar-refractivity contribution in [1.82, 2.24) is 4.72 Å². The molecule has 16 heteroatoms. The number of sulfonamides is 1. The molecule has 0 unspecified atom stereocenters. The summed E-state index contributed by atoms with van der Waals surface area (Å²) in [5, 5.41) is 11.8. The summed E-state index contributed by atoms with van der Waals surface area (Å²) in [5.41, 5.74) is 1.06. The zero-order chi connectivity index (χ0) is 30.0. The third kappa shape index (κ3) is 6.23. The lowest BCUT2D eigenvalue weighted by Gasteiger charge is -2.36. The molecule has 2 fully saturated rings. The van der Waals surface area contributed by atoms with Crippen LogP contribution in [0.3, 0.4) is 0 Å². The van der Waals surface area contributed by atoms with Crippen LogP contribution in [0.1, 0.15) is 5.56 Å². The molecule has 222 valence electrons. The highest BCUT2D eigenvalue weighted by Crippen LogP contribution is 2.33. The highest BCUT2D eigenvalue weighted by molar-refractivity contribution is 7.90.